The van der Waals surface area contributed by atoms with Gasteiger partial charge in [0.2, 0.25) is 0 Å². The number of benzene rings is 1. The first kappa shape index (κ1) is 14.8. The molecule has 1 aromatic carbocycles. The standard InChI is InChI=1S/C15H20F2N2O/c1-9-4-3-5-14(9)19-15(20)18-10(2)11-6-7-12(16)13(17)8-11/h6-10,14H,3-5H2,1-2H3,(H2,18,19,20). The number of hydrogen-bond acceptors (Lipinski definition) is 1. The van der Waals surface area contributed by atoms with Gasteiger partial charge in [-0.2, -0.15) is 0 Å². The van der Waals surface area contributed by atoms with Gasteiger partial charge in [0, 0.05) is 6.04 Å². The Bertz CT molecular complexity index is 493. The molecule has 0 saturated heterocycles. The lowest BCUT2D eigenvalue weighted by Crippen LogP contribution is -2.43. The molecule has 2 amide bonds. The van der Waals surface area contributed by atoms with Gasteiger partial charge in [-0.1, -0.05) is 19.4 Å². The van der Waals surface area contributed by atoms with Crippen molar-refractivity contribution in [2.45, 2.75) is 45.2 Å². The van der Waals surface area contributed by atoms with E-state index < -0.39 is 11.6 Å². The van der Waals surface area contributed by atoms with Gasteiger partial charge in [-0.15, -0.1) is 0 Å². The first-order valence-corrected chi connectivity index (χ1v) is 6.99. The molecule has 0 spiro atoms. The monoisotopic (exact) mass is 282 g/mol. The van der Waals surface area contributed by atoms with Gasteiger partial charge in [0.1, 0.15) is 0 Å². The van der Waals surface area contributed by atoms with Crippen LogP contribution in [-0.4, -0.2) is 12.1 Å². The van der Waals surface area contributed by atoms with E-state index >= 15 is 0 Å². The predicted molar refractivity (Wildman–Crippen MR) is 73.2 cm³/mol. The highest BCUT2D eigenvalue weighted by atomic mass is 19.2. The van der Waals surface area contributed by atoms with E-state index in [1.807, 2.05) is 0 Å². The van der Waals surface area contributed by atoms with Gasteiger partial charge in [-0.05, 0) is 43.4 Å². The Morgan fingerprint density at radius 3 is 2.65 bits per heavy atom. The van der Waals surface area contributed by atoms with Crippen LogP contribution >= 0.6 is 0 Å². The van der Waals surface area contributed by atoms with Crippen molar-refractivity contribution in [2.75, 3.05) is 0 Å². The highest BCUT2D eigenvalue weighted by molar-refractivity contribution is 5.74. The summed E-state index contributed by atoms with van der Waals surface area (Å²) in [6.45, 7) is 3.86. The fourth-order valence-corrected chi connectivity index (χ4v) is 2.63. The molecule has 0 aliphatic heterocycles. The minimum Gasteiger partial charge on any atom is -0.335 e. The summed E-state index contributed by atoms with van der Waals surface area (Å²) in [6, 6.07) is 3.22. The highest BCUT2D eigenvalue weighted by Gasteiger charge is 2.25. The van der Waals surface area contributed by atoms with Gasteiger partial charge in [-0.25, -0.2) is 13.6 Å². The predicted octanol–water partition coefficient (Wildman–Crippen LogP) is 3.51. The first-order valence-electron chi connectivity index (χ1n) is 6.99. The van der Waals surface area contributed by atoms with Crippen LogP contribution in [0.15, 0.2) is 18.2 Å². The fraction of sp³-hybridized carbons (Fsp3) is 0.533. The van der Waals surface area contributed by atoms with Crippen LogP contribution in [0, 0.1) is 17.6 Å². The number of urea groups is 1. The summed E-state index contributed by atoms with van der Waals surface area (Å²) in [4.78, 5) is 11.9. The van der Waals surface area contributed by atoms with Gasteiger partial charge >= 0.3 is 6.03 Å². The van der Waals surface area contributed by atoms with Gasteiger partial charge in [0.25, 0.3) is 0 Å². The number of rotatable bonds is 3. The Balaban J connectivity index is 1.91. The fourth-order valence-electron chi connectivity index (χ4n) is 2.63. The highest BCUT2D eigenvalue weighted by Crippen LogP contribution is 2.24. The van der Waals surface area contributed by atoms with Crippen LogP contribution in [0.2, 0.25) is 0 Å². The van der Waals surface area contributed by atoms with Crippen LogP contribution in [0.4, 0.5) is 13.6 Å². The van der Waals surface area contributed by atoms with E-state index in [0.29, 0.717) is 11.5 Å². The zero-order valence-corrected chi connectivity index (χ0v) is 11.7. The molecule has 1 aliphatic rings. The summed E-state index contributed by atoms with van der Waals surface area (Å²) in [5.41, 5.74) is 0.540. The Hall–Kier alpha value is -1.65. The number of carbonyl (C=O) groups is 1. The maximum absolute atomic E-state index is 13.2. The summed E-state index contributed by atoms with van der Waals surface area (Å²) < 4.78 is 26.0. The van der Waals surface area contributed by atoms with Gasteiger partial charge in [-0.3, -0.25) is 0 Å². The zero-order chi connectivity index (χ0) is 14.7. The van der Waals surface area contributed by atoms with Crippen LogP contribution in [0.25, 0.3) is 0 Å². The number of nitrogens with one attached hydrogen (secondary N) is 2. The minimum absolute atomic E-state index is 0.201. The molecule has 3 atom stereocenters. The van der Waals surface area contributed by atoms with Crippen LogP contribution in [0.3, 0.4) is 0 Å². The molecule has 3 nitrogen and oxygen atoms in total. The Morgan fingerprint density at radius 2 is 2.05 bits per heavy atom. The van der Waals surface area contributed by atoms with Crippen molar-refractivity contribution < 1.29 is 13.6 Å². The zero-order valence-electron chi connectivity index (χ0n) is 11.7. The van der Waals surface area contributed by atoms with E-state index in [9.17, 15) is 13.6 Å². The first-order chi connectivity index (χ1) is 9.47. The molecule has 3 unspecified atom stereocenters. The van der Waals surface area contributed by atoms with E-state index in [2.05, 4.69) is 17.6 Å². The topological polar surface area (TPSA) is 41.1 Å². The maximum Gasteiger partial charge on any atom is 0.315 e. The smallest absolute Gasteiger partial charge is 0.315 e. The normalized spacial score (nSPS) is 23.4. The molecule has 1 saturated carbocycles. The number of halogens is 2. The van der Waals surface area contributed by atoms with E-state index in [1.54, 1.807) is 6.92 Å². The average molecular weight is 282 g/mol. The van der Waals surface area contributed by atoms with E-state index in [1.165, 1.54) is 6.07 Å². The van der Waals surface area contributed by atoms with Gasteiger partial charge in [0.05, 0.1) is 6.04 Å². The lowest BCUT2D eigenvalue weighted by molar-refractivity contribution is 0.231. The molecule has 1 aromatic rings. The van der Waals surface area contributed by atoms with Gasteiger partial charge < -0.3 is 10.6 Å². The van der Waals surface area contributed by atoms with E-state index in [-0.39, 0.29) is 18.1 Å². The van der Waals surface area contributed by atoms with Crippen molar-refractivity contribution in [1.29, 1.82) is 0 Å². The lowest BCUT2D eigenvalue weighted by atomic mass is 10.1. The van der Waals surface area contributed by atoms with Crippen LogP contribution in [-0.2, 0) is 0 Å². The quantitative estimate of drug-likeness (QED) is 0.875. The van der Waals surface area contributed by atoms with E-state index in [0.717, 1.165) is 31.4 Å². The molecule has 20 heavy (non-hydrogen) atoms. The molecule has 110 valence electrons. The third-order valence-electron chi connectivity index (χ3n) is 3.97. The molecule has 0 heterocycles. The molecule has 0 bridgehead atoms. The van der Waals surface area contributed by atoms with Crippen LogP contribution < -0.4 is 10.6 Å². The number of amides is 2. The molecule has 2 N–H and O–H groups in total. The summed E-state index contributed by atoms with van der Waals surface area (Å²) in [5.74, 6) is -1.30. The third-order valence-corrected chi connectivity index (χ3v) is 3.97. The van der Waals surface area contributed by atoms with E-state index in [4.69, 9.17) is 0 Å². The minimum atomic E-state index is -0.902. The molecular weight excluding hydrogens is 262 g/mol. The maximum atomic E-state index is 13.2. The molecule has 5 heteroatoms. The lowest BCUT2D eigenvalue weighted by Gasteiger charge is -2.20. The molecule has 2 rings (SSSR count). The van der Waals surface area contributed by atoms with Crippen molar-refractivity contribution in [2.24, 2.45) is 5.92 Å². The largest absolute Gasteiger partial charge is 0.335 e. The van der Waals surface area contributed by atoms with Gasteiger partial charge in [0.15, 0.2) is 11.6 Å². The van der Waals surface area contributed by atoms with Crippen molar-refractivity contribution in [1.82, 2.24) is 10.6 Å². The summed E-state index contributed by atoms with van der Waals surface area (Å²) >= 11 is 0. The second kappa shape index (κ2) is 6.20. The van der Waals surface area contributed by atoms with Crippen molar-refractivity contribution >= 4 is 6.03 Å². The second-order valence-electron chi connectivity index (χ2n) is 5.53. The van der Waals surface area contributed by atoms with Crippen molar-refractivity contribution in [3.63, 3.8) is 0 Å². The Kier molecular flexibility index (Phi) is 4.57. The molecule has 0 radical (unpaired) electrons. The SMILES string of the molecule is CC(NC(=O)NC1CCCC1C)c1ccc(F)c(F)c1. The summed E-state index contributed by atoms with van der Waals surface area (Å²) in [6.07, 6.45) is 3.25. The molecular formula is C15H20F2N2O. The van der Waals surface area contributed by atoms with Crippen molar-refractivity contribution in [3.05, 3.63) is 35.4 Å². The van der Waals surface area contributed by atoms with Crippen molar-refractivity contribution in [3.8, 4) is 0 Å². The molecule has 0 aromatic heterocycles. The Morgan fingerprint density at radius 1 is 1.30 bits per heavy atom. The third kappa shape index (κ3) is 3.46. The number of carbonyl (C=O) groups excluding carboxylic acids is 1. The second-order valence-corrected chi connectivity index (χ2v) is 5.53. The molecule has 1 fully saturated rings. The average Bonchev–Trinajstić information content (AvgIpc) is 2.78. The Labute approximate surface area is 117 Å². The summed E-state index contributed by atoms with van der Waals surface area (Å²) in [5, 5.41) is 5.69. The number of hydrogen-bond donors (Lipinski definition) is 2. The van der Waals surface area contributed by atoms with Crippen LogP contribution in [0.1, 0.15) is 44.7 Å². The summed E-state index contributed by atoms with van der Waals surface area (Å²) in [7, 11) is 0. The van der Waals surface area contributed by atoms with Crippen LogP contribution in [0.5, 0.6) is 0 Å². The molecule has 1 aliphatic carbocycles.